The summed E-state index contributed by atoms with van der Waals surface area (Å²) in [5.74, 6) is -1.17. The SMILES string of the molecule is CCCCOc1ccc(-c2nn(-c3ccccc3)cc2/C=C2\C(=O)N(C3CCS(=O)(=O)C3)C(=O)C(C#N)=C2c2ccccc2)cc1. The van der Waals surface area contributed by atoms with Gasteiger partial charge in [-0.1, -0.05) is 61.9 Å². The van der Waals surface area contributed by atoms with E-state index >= 15 is 0 Å². The van der Waals surface area contributed by atoms with Crippen molar-refractivity contribution in [2.24, 2.45) is 0 Å². The van der Waals surface area contributed by atoms with E-state index in [-0.39, 0.29) is 34.6 Å². The first-order chi connectivity index (χ1) is 22.3. The number of hydrogen-bond acceptors (Lipinski definition) is 7. The van der Waals surface area contributed by atoms with Crippen molar-refractivity contribution in [1.29, 1.82) is 5.26 Å². The van der Waals surface area contributed by atoms with Crippen molar-refractivity contribution in [3.05, 3.63) is 113 Å². The fourth-order valence-electron chi connectivity index (χ4n) is 5.77. The second-order valence-electron chi connectivity index (χ2n) is 11.3. The normalized spacial score (nSPS) is 18.7. The number of carbonyl (C=O) groups excluding carboxylic acids is 2. The van der Waals surface area contributed by atoms with Crippen LogP contribution in [0.1, 0.15) is 37.3 Å². The second-order valence-corrected chi connectivity index (χ2v) is 13.5. The monoisotopic (exact) mass is 632 g/mol. The lowest BCUT2D eigenvalue weighted by Gasteiger charge is -2.32. The van der Waals surface area contributed by atoms with E-state index in [4.69, 9.17) is 9.84 Å². The standard InChI is InChI=1S/C36H32N4O5S/c1-2-3-19-45-30-16-14-26(15-17-30)34-27(23-39(38-34)28-12-8-5-9-13-28)21-31-33(25-10-6-4-7-11-25)32(22-37)36(42)40(35(31)41)29-18-20-46(43,44)24-29/h4-17,21,23,29H,2-3,18-20,24H2,1H3/b31-21-. The number of para-hydroxylation sites is 1. The second kappa shape index (κ2) is 13.0. The number of nitrogens with zero attached hydrogens (tertiary/aromatic N) is 4. The molecule has 6 rings (SSSR count). The largest absolute Gasteiger partial charge is 0.494 e. The molecule has 232 valence electrons. The third kappa shape index (κ3) is 6.14. The van der Waals surface area contributed by atoms with Crippen molar-refractivity contribution >= 4 is 33.3 Å². The highest BCUT2D eigenvalue weighted by atomic mass is 32.2. The van der Waals surface area contributed by atoms with Crippen LogP contribution >= 0.6 is 0 Å². The minimum absolute atomic E-state index is 0.111. The summed E-state index contributed by atoms with van der Waals surface area (Å²) >= 11 is 0. The summed E-state index contributed by atoms with van der Waals surface area (Å²) in [6.45, 7) is 2.72. The molecule has 0 spiro atoms. The predicted octanol–water partition coefficient (Wildman–Crippen LogP) is 5.63. The van der Waals surface area contributed by atoms with Gasteiger partial charge in [0.05, 0.1) is 41.1 Å². The number of imide groups is 1. The highest BCUT2D eigenvalue weighted by molar-refractivity contribution is 7.91. The molecule has 3 aromatic carbocycles. The summed E-state index contributed by atoms with van der Waals surface area (Å²) in [4.78, 5) is 29.0. The number of carbonyl (C=O) groups is 2. The molecular formula is C36H32N4O5S. The summed E-state index contributed by atoms with van der Waals surface area (Å²) in [7, 11) is -3.43. The van der Waals surface area contributed by atoms with Gasteiger partial charge < -0.3 is 4.74 Å². The first-order valence-electron chi connectivity index (χ1n) is 15.2. The van der Waals surface area contributed by atoms with Crippen molar-refractivity contribution in [3.63, 3.8) is 0 Å². The Hall–Kier alpha value is -5.27. The highest BCUT2D eigenvalue weighted by Crippen LogP contribution is 2.38. The molecule has 0 aliphatic carbocycles. The molecule has 2 amide bonds. The Kier molecular flexibility index (Phi) is 8.68. The van der Waals surface area contributed by atoms with Crippen molar-refractivity contribution in [1.82, 2.24) is 14.7 Å². The lowest BCUT2D eigenvalue weighted by molar-refractivity contribution is -0.142. The van der Waals surface area contributed by atoms with Crippen LogP contribution in [0, 0.1) is 11.3 Å². The average Bonchev–Trinajstić information content (AvgIpc) is 3.66. The van der Waals surface area contributed by atoms with Crippen LogP contribution in [-0.4, -0.2) is 59.1 Å². The fraction of sp³-hybridized carbons (Fsp3) is 0.222. The van der Waals surface area contributed by atoms with Crippen LogP contribution in [-0.2, 0) is 19.4 Å². The van der Waals surface area contributed by atoms with Gasteiger partial charge in [0.1, 0.15) is 17.4 Å². The van der Waals surface area contributed by atoms with Gasteiger partial charge in [0, 0.05) is 22.9 Å². The van der Waals surface area contributed by atoms with Gasteiger partial charge >= 0.3 is 0 Å². The zero-order valence-corrected chi connectivity index (χ0v) is 26.1. The number of aromatic nitrogens is 2. The summed E-state index contributed by atoms with van der Waals surface area (Å²) in [6.07, 6.45) is 5.54. The molecule has 0 N–H and O–H groups in total. The van der Waals surface area contributed by atoms with E-state index < -0.39 is 27.7 Å². The third-order valence-corrected chi connectivity index (χ3v) is 9.86. The van der Waals surface area contributed by atoms with Crippen molar-refractivity contribution in [2.75, 3.05) is 18.1 Å². The molecule has 0 radical (unpaired) electrons. The summed E-state index contributed by atoms with van der Waals surface area (Å²) in [5.41, 5.74) is 3.34. The molecule has 4 aromatic rings. The van der Waals surface area contributed by atoms with Crippen LogP contribution in [0.4, 0.5) is 0 Å². The molecule has 2 aliphatic heterocycles. The maximum atomic E-state index is 14.3. The number of nitriles is 1. The third-order valence-electron chi connectivity index (χ3n) is 8.11. The number of sulfone groups is 1. The minimum Gasteiger partial charge on any atom is -0.494 e. The van der Waals surface area contributed by atoms with E-state index in [1.54, 1.807) is 47.3 Å². The lowest BCUT2D eigenvalue weighted by atomic mass is 9.86. The predicted molar refractivity (Wildman–Crippen MR) is 175 cm³/mol. The van der Waals surface area contributed by atoms with Gasteiger partial charge in [-0.3, -0.25) is 14.5 Å². The van der Waals surface area contributed by atoms with E-state index in [1.165, 1.54) is 0 Å². The Balaban J connectivity index is 1.53. The van der Waals surface area contributed by atoms with Crippen molar-refractivity contribution in [3.8, 4) is 28.8 Å². The first-order valence-corrected chi connectivity index (χ1v) is 17.0. The topological polar surface area (TPSA) is 122 Å². The molecule has 46 heavy (non-hydrogen) atoms. The van der Waals surface area contributed by atoms with Gasteiger partial charge in [-0.25, -0.2) is 13.1 Å². The Morgan fingerprint density at radius 3 is 2.28 bits per heavy atom. The zero-order valence-electron chi connectivity index (χ0n) is 25.3. The fourth-order valence-corrected chi connectivity index (χ4v) is 7.47. The molecule has 2 aliphatic rings. The number of hydrogen-bond donors (Lipinski definition) is 0. The molecule has 0 saturated carbocycles. The van der Waals surface area contributed by atoms with Crippen LogP contribution in [0.2, 0.25) is 0 Å². The Bertz CT molecular complexity index is 1990. The molecule has 1 aromatic heterocycles. The van der Waals surface area contributed by atoms with Gasteiger partial charge in [-0.05, 0) is 60.9 Å². The van der Waals surface area contributed by atoms with E-state index in [0.717, 1.165) is 34.7 Å². The van der Waals surface area contributed by atoms with E-state index in [1.807, 2.05) is 60.7 Å². The van der Waals surface area contributed by atoms with E-state index in [2.05, 4.69) is 6.92 Å². The maximum Gasteiger partial charge on any atom is 0.272 e. The Morgan fingerprint density at radius 1 is 0.957 bits per heavy atom. The first kappa shape index (κ1) is 30.7. The Morgan fingerprint density at radius 2 is 1.65 bits per heavy atom. The molecule has 1 unspecified atom stereocenters. The average molecular weight is 633 g/mol. The summed E-state index contributed by atoms with van der Waals surface area (Å²) < 4.78 is 32.3. The smallest absolute Gasteiger partial charge is 0.272 e. The van der Waals surface area contributed by atoms with Crippen molar-refractivity contribution < 1.29 is 22.7 Å². The molecule has 9 nitrogen and oxygen atoms in total. The zero-order chi connectivity index (χ0) is 32.3. The van der Waals surface area contributed by atoms with Gasteiger partial charge in [-0.2, -0.15) is 10.4 Å². The van der Waals surface area contributed by atoms with Gasteiger partial charge in [0.15, 0.2) is 9.84 Å². The molecule has 10 heteroatoms. The van der Waals surface area contributed by atoms with Crippen LogP contribution in [0.25, 0.3) is 28.6 Å². The Labute approximate surface area is 268 Å². The van der Waals surface area contributed by atoms with Gasteiger partial charge in [-0.15, -0.1) is 0 Å². The molecular weight excluding hydrogens is 600 g/mol. The highest BCUT2D eigenvalue weighted by Gasteiger charge is 2.45. The minimum atomic E-state index is -3.43. The molecule has 1 saturated heterocycles. The number of ether oxygens (including phenoxy) is 1. The quantitative estimate of drug-likeness (QED) is 0.133. The van der Waals surface area contributed by atoms with Gasteiger partial charge in [0.2, 0.25) is 0 Å². The maximum absolute atomic E-state index is 14.3. The number of unbranched alkanes of at least 4 members (excludes halogenated alkanes) is 1. The summed E-state index contributed by atoms with van der Waals surface area (Å²) in [6, 6.07) is 27.1. The molecule has 0 bridgehead atoms. The molecule has 1 atom stereocenters. The van der Waals surface area contributed by atoms with Crippen LogP contribution < -0.4 is 4.74 Å². The van der Waals surface area contributed by atoms with E-state index in [9.17, 15) is 23.3 Å². The number of amides is 2. The number of benzene rings is 3. The molecule has 3 heterocycles. The van der Waals surface area contributed by atoms with E-state index in [0.29, 0.717) is 23.4 Å². The van der Waals surface area contributed by atoms with Crippen LogP contribution in [0.5, 0.6) is 5.75 Å². The van der Waals surface area contributed by atoms with Crippen molar-refractivity contribution in [2.45, 2.75) is 32.2 Å². The van der Waals surface area contributed by atoms with Crippen LogP contribution in [0.3, 0.4) is 0 Å². The van der Waals surface area contributed by atoms with Crippen LogP contribution in [0.15, 0.2) is 102 Å². The lowest BCUT2D eigenvalue weighted by Crippen LogP contribution is -2.49. The van der Waals surface area contributed by atoms with Gasteiger partial charge in [0.25, 0.3) is 11.8 Å². The molecule has 1 fully saturated rings. The number of rotatable bonds is 9. The summed E-state index contributed by atoms with van der Waals surface area (Å²) in [5, 5.41) is 15.2.